The van der Waals surface area contributed by atoms with Gasteiger partial charge in [-0.25, -0.2) is 14.4 Å². The van der Waals surface area contributed by atoms with Gasteiger partial charge in [-0.2, -0.15) is 4.98 Å². The number of nitrogens with zero attached hydrogens (tertiary/aromatic N) is 3. The van der Waals surface area contributed by atoms with Crippen molar-refractivity contribution >= 4 is 29.2 Å². The molecule has 3 aromatic rings. The average molecular weight is 476 g/mol. The molecule has 4 N–H and O–H groups in total. The van der Waals surface area contributed by atoms with Crippen molar-refractivity contribution in [3.05, 3.63) is 64.7 Å². The molecule has 8 nitrogen and oxygen atoms in total. The van der Waals surface area contributed by atoms with E-state index >= 15 is 0 Å². The van der Waals surface area contributed by atoms with Crippen LogP contribution in [0.2, 0.25) is 0 Å². The Bertz CT molecular complexity index is 1270. The molecule has 9 heteroatoms. The van der Waals surface area contributed by atoms with Gasteiger partial charge in [-0.3, -0.25) is 4.79 Å². The predicted octanol–water partition coefficient (Wildman–Crippen LogP) is 4.33. The summed E-state index contributed by atoms with van der Waals surface area (Å²) in [6, 6.07) is 9.30. The number of pyridine rings is 1. The van der Waals surface area contributed by atoms with E-state index in [-0.39, 0.29) is 17.8 Å². The molecule has 0 atom stereocenters. The molecule has 1 fully saturated rings. The number of aromatic nitrogens is 3. The number of hydrogen-bond acceptors (Lipinski definition) is 7. The number of rotatable bonds is 6. The SMILES string of the molecule is CC(C)(C)c1nc(Nc2nc(Nc3ccc4c(c3)CCNC4)ncc2C(=O)NC2CC2)ccc1F. The summed E-state index contributed by atoms with van der Waals surface area (Å²) in [5, 5.41) is 12.7. The van der Waals surface area contributed by atoms with Crippen molar-refractivity contribution in [2.45, 2.75) is 58.0 Å². The van der Waals surface area contributed by atoms with Gasteiger partial charge in [0.25, 0.3) is 5.91 Å². The lowest BCUT2D eigenvalue weighted by atomic mass is 9.91. The monoisotopic (exact) mass is 475 g/mol. The zero-order valence-electron chi connectivity index (χ0n) is 20.2. The van der Waals surface area contributed by atoms with Gasteiger partial charge in [0.15, 0.2) is 0 Å². The third kappa shape index (κ3) is 5.40. The predicted molar refractivity (Wildman–Crippen MR) is 134 cm³/mol. The van der Waals surface area contributed by atoms with Gasteiger partial charge in [-0.15, -0.1) is 0 Å². The maximum atomic E-state index is 14.4. The Morgan fingerprint density at radius 2 is 1.91 bits per heavy atom. The van der Waals surface area contributed by atoms with E-state index in [0.717, 1.165) is 38.0 Å². The van der Waals surface area contributed by atoms with Gasteiger partial charge in [0, 0.05) is 29.9 Å². The molecule has 1 aromatic carbocycles. The summed E-state index contributed by atoms with van der Waals surface area (Å²) in [4.78, 5) is 26.3. The van der Waals surface area contributed by atoms with Gasteiger partial charge in [-0.05, 0) is 61.2 Å². The van der Waals surface area contributed by atoms with E-state index in [9.17, 15) is 9.18 Å². The van der Waals surface area contributed by atoms with Crippen LogP contribution in [0.3, 0.4) is 0 Å². The van der Waals surface area contributed by atoms with E-state index in [0.29, 0.717) is 28.8 Å². The third-order valence-corrected chi connectivity index (χ3v) is 6.10. The number of amides is 1. The molecule has 1 amide bonds. The largest absolute Gasteiger partial charge is 0.349 e. The molecule has 5 rings (SSSR count). The van der Waals surface area contributed by atoms with Crippen molar-refractivity contribution in [2.75, 3.05) is 17.2 Å². The molecule has 0 saturated heterocycles. The number of nitrogens with one attached hydrogen (secondary N) is 4. The van der Waals surface area contributed by atoms with E-state index in [1.54, 1.807) is 6.07 Å². The van der Waals surface area contributed by atoms with Gasteiger partial charge in [0.2, 0.25) is 5.95 Å². The molecule has 1 aliphatic carbocycles. The maximum absolute atomic E-state index is 14.4. The fourth-order valence-electron chi connectivity index (χ4n) is 4.04. The smallest absolute Gasteiger partial charge is 0.256 e. The minimum Gasteiger partial charge on any atom is -0.349 e. The molecule has 2 aromatic heterocycles. The van der Waals surface area contributed by atoms with E-state index in [1.165, 1.54) is 23.4 Å². The lowest BCUT2D eigenvalue weighted by Gasteiger charge is -2.20. The highest BCUT2D eigenvalue weighted by molar-refractivity contribution is 5.99. The first-order valence-corrected chi connectivity index (χ1v) is 12.0. The first-order chi connectivity index (χ1) is 16.8. The highest BCUT2D eigenvalue weighted by Crippen LogP contribution is 2.28. The summed E-state index contributed by atoms with van der Waals surface area (Å²) in [5.41, 5.74) is 3.62. The van der Waals surface area contributed by atoms with Crippen LogP contribution in [0.5, 0.6) is 0 Å². The van der Waals surface area contributed by atoms with Crippen molar-refractivity contribution in [1.82, 2.24) is 25.6 Å². The second kappa shape index (κ2) is 9.22. The third-order valence-electron chi connectivity index (χ3n) is 6.10. The summed E-state index contributed by atoms with van der Waals surface area (Å²) in [6.07, 6.45) is 4.41. The number of benzene rings is 1. The van der Waals surface area contributed by atoms with Crippen LogP contribution in [0.15, 0.2) is 36.5 Å². The molecule has 182 valence electrons. The lowest BCUT2D eigenvalue weighted by molar-refractivity contribution is 0.0951. The molecular weight excluding hydrogens is 445 g/mol. The van der Waals surface area contributed by atoms with Crippen LogP contribution in [-0.2, 0) is 18.4 Å². The fourth-order valence-corrected chi connectivity index (χ4v) is 4.04. The fraction of sp³-hybridized carbons (Fsp3) is 0.385. The van der Waals surface area contributed by atoms with Crippen molar-refractivity contribution in [3.63, 3.8) is 0 Å². The summed E-state index contributed by atoms with van der Waals surface area (Å²) in [5.74, 6) is 0.440. The number of fused-ring (bicyclic) bond motifs is 1. The zero-order chi connectivity index (χ0) is 24.6. The first-order valence-electron chi connectivity index (χ1n) is 12.0. The Morgan fingerprint density at radius 3 is 2.69 bits per heavy atom. The zero-order valence-corrected chi connectivity index (χ0v) is 20.2. The highest BCUT2D eigenvalue weighted by Gasteiger charge is 2.26. The number of carbonyl (C=O) groups is 1. The van der Waals surface area contributed by atoms with Gasteiger partial charge in [0.1, 0.15) is 23.0 Å². The van der Waals surface area contributed by atoms with Crippen molar-refractivity contribution in [2.24, 2.45) is 0 Å². The van der Waals surface area contributed by atoms with Gasteiger partial charge in [-0.1, -0.05) is 26.8 Å². The second-order valence-corrected chi connectivity index (χ2v) is 10.1. The molecule has 1 aliphatic heterocycles. The van der Waals surface area contributed by atoms with Crippen LogP contribution in [0.1, 0.15) is 60.8 Å². The lowest BCUT2D eigenvalue weighted by Crippen LogP contribution is -2.27. The molecule has 1 saturated carbocycles. The quantitative estimate of drug-likeness (QED) is 0.421. The van der Waals surface area contributed by atoms with Gasteiger partial charge in [0.05, 0.1) is 5.69 Å². The number of anilines is 4. The van der Waals surface area contributed by atoms with Crippen LogP contribution >= 0.6 is 0 Å². The summed E-state index contributed by atoms with van der Waals surface area (Å²) in [6.45, 7) is 7.52. The maximum Gasteiger partial charge on any atom is 0.256 e. The second-order valence-electron chi connectivity index (χ2n) is 10.1. The van der Waals surface area contributed by atoms with Gasteiger partial charge < -0.3 is 21.3 Å². The summed E-state index contributed by atoms with van der Waals surface area (Å²) >= 11 is 0. The topological polar surface area (TPSA) is 104 Å². The van der Waals surface area contributed by atoms with Crippen LogP contribution in [0.4, 0.5) is 27.7 Å². The van der Waals surface area contributed by atoms with E-state index in [2.05, 4.69) is 48.4 Å². The molecule has 3 heterocycles. The van der Waals surface area contributed by atoms with Crippen LogP contribution < -0.4 is 21.3 Å². The average Bonchev–Trinajstić information content (AvgIpc) is 3.63. The van der Waals surface area contributed by atoms with Crippen LogP contribution in [-0.4, -0.2) is 33.4 Å². The Labute approximate surface area is 204 Å². The number of carbonyl (C=O) groups excluding carboxylic acids is 1. The summed E-state index contributed by atoms with van der Waals surface area (Å²) in [7, 11) is 0. The molecule has 0 bridgehead atoms. The molecular formula is C26H30FN7O. The van der Waals surface area contributed by atoms with Crippen LogP contribution in [0.25, 0.3) is 0 Å². The molecule has 0 radical (unpaired) electrons. The number of halogens is 1. The Hall–Kier alpha value is -3.59. The Kier molecular flexibility index (Phi) is 6.10. The van der Waals surface area contributed by atoms with Crippen molar-refractivity contribution in [3.8, 4) is 0 Å². The Balaban J connectivity index is 1.45. The molecule has 35 heavy (non-hydrogen) atoms. The standard InChI is InChI=1S/C26H30FN7O/c1-26(2,3)22-20(27)8-9-21(32-22)33-23-19(24(35)30-17-6-7-17)14-29-25(34-23)31-18-5-4-16-13-28-11-10-15(16)12-18/h4-5,8-9,12,14,17,28H,6-7,10-11,13H2,1-3H3,(H,30,35)(H2,29,31,32,33,34). The van der Waals surface area contributed by atoms with Crippen molar-refractivity contribution < 1.29 is 9.18 Å². The van der Waals surface area contributed by atoms with Crippen LogP contribution in [0, 0.1) is 5.82 Å². The minimum absolute atomic E-state index is 0.189. The minimum atomic E-state index is -0.478. The Morgan fingerprint density at radius 1 is 1.09 bits per heavy atom. The number of hydrogen-bond donors (Lipinski definition) is 4. The van der Waals surface area contributed by atoms with E-state index in [1.807, 2.05) is 26.8 Å². The normalized spacial score (nSPS) is 15.3. The van der Waals surface area contributed by atoms with E-state index in [4.69, 9.17) is 0 Å². The van der Waals surface area contributed by atoms with E-state index < -0.39 is 5.41 Å². The summed E-state index contributed by atoms with van der Waals surface area (Å²) < 4.78 is 14.4. The van der Waals surface area contributed by atoms with Crippen molar-refractivity contribution in [1.29, 1.82) is 0 Å². The first kappa shape index (κ1) is 23.2. The highest BCUT2D eigenvalue weighted by atomic mass is 19.1. The molecule has 0 spiro atoms. The molecule has 0 unspecified atom stereocenters. The molecule has 2 aliphatic rings. The van der Waals surface area contributed by atoms with Gasteiger partial charge >= 0.3 is 0 Å².